The van der Waals surface area contributed by atoms with Gasteiger partial charge in [0.15, 0.2) is 0 Å². The zero-order chi connectivity index (χ0) is 22.6. The molecule has 5 rings (SSSR count). The highest BCUT2D eigenvalue weighted by molar-refractivity contribution is 6.04. The molecule has 0 saturated carbocycles. The number of nitrogens with one attached hydrogen (secondary N) is 1. The molecule has 0 unspecified atom stereocenters. The van der Waals surface area contributed by atoms with Gasteiger partial charge >= 0.3 is 0 Å². The number of benzene rings is 2. The Bertz CT molecular complexity index is 1280. The zero-order valence-electron chi connectivity index (χ0n) is 18.9. The lowest BCUT2D eigenvalue weighted by atomic mass is 10.1. The van der Waals surface area contributed by atoms with Gasteiger partial charge in [0.25, 0.3) is 5.91 Å². The summed E-state index contributed by atoms with van der Waals surface area (Å²) in [6, 6.07) is 21.7. The number of fused-ring (bicyclic) bond motifs is 1. The third-order valence-electron chi connectivity index (χ3n) is 6.23. The van der Waals surface area contributed by atoms with Crippen LogP contribution in [0.25, 0.3) is 17.8 Å². The summed E-state index contributed by atoms with van der Waals surface area (Å²) in [7, 11) is 0. The van der Waals surface area contributed by atoms with Crippen molar-refractivity contribution in [2.24, 2.45) is 0 Å². The summed E-state index contributed by atoms with van der Waals surface area (Å²) in [5.41, 5.74) is 6.73. The maximum Gasteiger partial charge on any atom is 0.255 e. The van der Waals surface area contributed by atoms with Gasteiger partial charge in [-0.3, -0.25) is 9.69 Å². The minimum absolute atomic E-state index is 0.122. The Balaban J connectivity index is 1.27. The average molecular weight is 437 g/mol. The van der Waals surface area contributed by atoms with Gasteiger partial charge < -0.3 is 9.72 Å². The second kappa shape index (κ2) is 9.43. The summed E-state index contributed by atoms with van der Waals surface area (Å²) < 4.78 is 2.07. The number of carbonyl (C=O) groups is 1. The van der Waals surface area contributed by atoms with Crippen LogP contribution >= 0.6 is 0 Å². The van der Waals surface area contributed by atoms with Crippen LogP contribution in [-0.2, 0) is 6.54 Å². The van der Waals surface area contributed by atoms with E-state index in [9.17, 15) is 4.79 Å². The summed E-state index contributed by atoms with van der Waals surface area (Å²) in [6.45, 7) is 5.28. The van der Waals surface area contributed by atoms with Gasteiger partial charge in [-0.05, 0) is 68.2 Å². The van der Waals surface area contributed by atoms with E-state index in [4.69, 9.17) is 4.98 Å². The summed E-state index contributed by atoms with van der Waals surface area (Å²) in [4.78, 5) is 20.1. The van der Waals surface area contributed by atoms with E-state index in [0.717, 1.165) is 53.5 Å². The van der Waals surface area contributed by atoms with Gasteiger partial charge in [-0.2, -0.15) is 0 Å². The van der Waals surface area contributed by atoms with E-state index in [2.05, 4.69) is 39.7 Å². The SMILES string of the molecule is Cc1c(CN2CCCC2)nc2ccc(NC(=O)c3ccc(C=Cc4ccccc4)cc3)cn12. The number of amides is 1. The van der Waals surface area contributed by atoms with Crippen LogP contribution in [0.1, 0.15) is 45.7 Å². The standard InChI is InChI=1S/C28H28N4O/c1-21-26(20-31-17-5-6-18-31)30-27-16-15-25(19-32(21)27)29-28(33)24-13-11-23(12-14-24)10-9-22-7-3-2-4-8-22/h2-4,7-16,19H,5-6,17-18,20H2,1H3,(H,29,33). The highest BCUT2D eigenvalue weighted by atomic mass is 16.1. The van der Waals surface area contributed by atoms with Crippen molar-refractivity contribution < 1.29 is 4.79 Å². The van der Waals surface area contributed by atoms with Gasteiger partial charge in [0.1, 0.15) is 5.65 Å². The van der Waals surface area contributed by atoms with Crippen LogP contribution in [0, 0.1) is 6.92 Å². The van der Waals surface area contributed by atoms with Gasteiger partial charge in [-0.25, -0.2) is 4.98 Å². The smallest absolute Gasteiger partial charge is 0.255 e. The number of likely N-dealkylation sites (tertiary alicyclic amines) is 1. The van der Waals surface area contributed by atoms with E-state index in [1.54, 1.807) is 0 Å². The molecule has 0 bridgehead atoms. The second-order valence-electron chi connectivity index (χ2n) is 8.59. The van der Waals surface area contributed by atoms with E-state index in [-0.39, 0.29) is 5.91 Å². The molecule has 33 heavy (non-hydrogen) atoms. The first-order valence-electron chi connectivity index (χ1n) is 11.5. The molecule has 2 aromatic heterocycles. The zero-order valence-corrected chi connectivity index (χ0v) is 18.9. The van der Waals surface area contributed by atoms with Gasteiger partial charge in [-0.1, -0.05) is 54.6 Å². The third-order valence-corrected chi connectivity index (χ3v) is 6.23. The van der Waals surface area contributed by atoms with Crippen molar-refractivity contribution in [3.8, 4) is 0 Å². The van der Waals surface area contributed by atoms with Crippen molar-refractivity contribution >= 4 is 29.4 Å². The van der Waals surface area contributed by atoms with Crippen LogP contribution < -0.4 is 5.32 Å². The van der Waals surface area contributed by atoms with Gasteiger partial charge in [0.2, 0.25) is 0 Å². The topological polar surface area (TPSA) is 49.6 Å². The number of hydrogen-bond acceptors (Lipinski definition) is 3. The first-order chi connectivity index (χ1) is 16.2. The lowest BCUT2D eigenvalue weighted by Crippen LogP contribution is -2.19. The molecular formula is C28H28N4O. The number of nitrogens with zero attached hydrogens (tertiary/aromatic N) is 3. The summed E-state index contributed by atoms with van der Waals surface area (Å²) >= 11 is 0. The number of aromatic nitrogens is 2. The van der Waals surface area contributed by atoms with Crippen molar-refractivity contribution in [3.05, 3.63) is 101 Å². The van der Waals surface area contributed by atoms with Crippen molar-refractivity contribution in [2.45, 2.75) is 26.3 Å². The van der Waals surface area contributed by atoms with Crippen molar-refractivity contribution in [1.82, 2.24) is 14.3 Å². The number of anilines is 1. The molecule has 2 aromatic carbocycles. The fourth-order valence-corrected chi connectivity index (χ4v) is 4.29. The maximum absolute atomic E-state index is 12.8. The largest absolute Gasteiger partial charge is 0.321 e. The lowest BCUT2D eigenvalue weighted by molar-refractivity contribution is 0.102. The highest BCUT2D eigenvalue weighted by Crippen LogP contribution is 2.20. The van der Waals surface area contributed by atoms with E-state index >= 15 is 0 Å². The fourth-order valence-electron chi connectivity index (χ4n) is 4.29. The average Bonchev–Trinajstić information content (AvgIpc) is 3.47. The molecule has 1 aliphatic rings. The van der Waals surface area contributed by atoms with Crippen LogP contribution in [0.2, 0.25) is 0 Å². The predicted octanol–water partition coefficient (Wildman–Crippen LogP) is 5.66. The Kier molecular flexibility index (Phi) is 6.05. The molecule has 1 aliphatic heterocycles. The highest BCUT2D eigenvalue weighted by Gasteiger charge is 2.16. The molecule has 5 heteroatoms. The van der Waals surface area contributed by atoms with Gasteiger partial charge in [0.05, 0.1) is 11.4 Å². The maximum atomic E-state index is 12.8. The molecule has 0 spiro atoms. The molecule has 0 aliphatic carbocycles. The van der Waals surface area contributed by atoms with Crippen LogP contribution in [0.5, 0.6) is 0 Å². The Hall–Kier alpha value is -3.70. The van der Waals surface area contributed by atoms with E-state index in [0.29, 0.717) is 5.56 Å². The Morgan fingerprint density at radius 1 is 0.939 bits per heavy atom. The van der Waals surface area contributed by atoms with Crippen LogP contribution in [0.15, 0.2) is 72.9 Å². The Morgan fingerprint density at radius 2 is 1.64 bits per heavy atom. The van der Waals surface area contributed by atoms with E-state index < -0.39 is 0 Å². The quantitative estimate of drug-likeness (QED) is 0.397. The van der Waals surface area contributed by atoms with Crippen LogP contribution in [0.4, 0.5) is 5.69 Å². The van der Waals surface area contributed by atoms with E-state index in [1.165, 1.54) is 12.8 Å². The monoisotopic (exact) mass is 436 g/mol. The molecule has 1 saturated heterocycles. The molecule has 0 radical (unpaired) electrons. The minimum Gasteiger partial charge on any atom is -0.321 e. The van der Waals surface area contributed by atoms with E-state index in [1.807, 2.05) is 66.9 Å². The predicted molar refractivity (Wildman–Crippen MR) is 134 cm³/mol. The Morgan fingerprint density at radius 3 is 2.36 bits per heavy atom. The molecule has 5 nitrogen and oxygen atoms in total. The summed E-state index contributed by atoms with van der Waals surface area (Å²) in [5.74, 6) is -0.122. The summed E-state index contributed by atoms with van der Waals surface area (Å²) in [5, 5.41) is 3.02. The number of carbonyl (C=O) groups excluding carboxylic acids is 1. The number of hydrogen-bond donors (Lipinski definition) is 1. The van der Waals surface area contributed by atoms with Crippen LogP contribution in [0.3, 0.4) is 0 Å². The van der Waals surface area contributed by atoms with Crippen LogP contribution in [-0.4, -0.2) is 33.3 Å². The minimum atomic E-state index is -0.122. The number of aryl methyl sites for hydroxylation is 1. The number of rotatable bonds is 6. The van der Waals surface area contributed by atoms with Gasteiger partial charge in [-0.15, -0.1) is 0 Å². The Labute approximate surface area is 194 Å². The third kappa shape index (κ3) is 4.89. The first kappa shape index (κ1) is 21.2. The normalized spacial score (nSPS) is 14.3. The molecule has 1 fully saturated rings. The molecule has 1 amide bonds. The molecule has 1 N–H and O–H groups in total. The molecule has 4 aromatic rings. The number of imidazole rings is 1. The van der Waals surface area contributed by atoms with Gasteiger partial charge in [0, 0.05) is 24.0 Å². The second-order valence-corrected chi connectivity index (χ2v) is 8.59. The molecule has 166 valence electrons. The lowest BCUT2D eigenvalue weighted by Gasteiger charge is -2.12. The molecule has 3 heterocycles. The van der Waals surface area contributed by atoms with Crippen molar-refractivity contribution in [3.63, 3.8) is 0 Å². The van der Waals surface area contributed by atoms with Crippen molar-refractivity contribution in [2.75, 3.05) is 18.4 Å². The molecule has 0 atom stereocenters. The fraction of sp³-hybridized carbons (Fsp3) is 0.214. The molecular weight excluding hydrogens is 408 g/mol. The summed E-state index contributed by atoms with van der Waals surface area (Å²) in [6.07, 6.45) is 8.61. The number of pyridine rings is 1. The first-order valence-corrected chi connectivity index (χ1v) is 11.5. The van der Waals surface area contributed by atoms with Crippen molar-refractivity contribution in [1.29, 1.82) is 0 Å².